The van der Waals surface area contributed by atoms with Gasteiger partial charge in [0.1, 0.15) is 5.82 Å². The SMILES string of the molecule is CCNC(=O)CN(C)c1cc(C)c(F)cc1[C@H](C)O. The lowest BCUT2D eigenvalue weighted by Gasteiger charge is -2.24. The lowest BCUT2D eigenvalue weighted by atomic mass is 10.0. The molecular weight excluding hydrogens is 247 g/mol. The van der Waals surface area contributed by atoms with Crippen LogP contribution in [-0.4, -0.2) is 31.2 Å². The molecule has 0 aliphatic rings. The van der Waals surface area contributed by atoms with Crippen LogP contribution in [0.2, 0.25) is 0 Å². The highest BCUT2D eigenvalue weighted by Gasteiger charge is 2.16. The molecule has 1 amide bonds. The van der Waals surface area contributed by atoms with Crippen molar-refractivity contribution in [1.82, 2.24) is 5.32 Å². The molecule has 0 saturated heterocycles. The summed E-state index contributed by atoms with van der Waals surface area (Å²) in [4.78, 5) is 13.3. The third kappa shape index (κ3) is 3.92. The van der Waals surface area contributed by atoms with Crippen molar-refractivity contribution < 1.29 is 14.3 Å². The summed E-state index contributed by atoms with van der Waals surface area (Å²) in [6, 6.07) is 2.97. The third-order valence-electron chi connectivity index (χ3n) is 2.92. The summed E-state index contributed by atoms with van der Waals surface area (Å²) in [6.45, 7) is 5.82. The molecule has 0 heterocycles. The van der Waals surface area contributed by atoms with Gasteiger partial charge in [-0.2, -0.15) is 0 Å². The number of benzene rings is 1. The molecule has 1 rings (SSSR count). The van der Waals surface area contributed by atoms with Crippen LogP contribution >= 0.6 is 0 Å². The summed E-state index contributed by atoms with van der Waals surface area (Å²) in [6.07, 6.45) is -0.790. The van der Waals surface area contributed by atoms with Crippen LogP contribution < -0.4 is 10.2 Å². The van der Waals surface area contributed by atoms with E-state index in [2.05, 4.69) is 5.32 Å². The van der Waals surface area contributed by atoms with Crippen LogP contribution in [0.5, 0.6) is 0 Å². The average molecular weight is 268 g/mol. The molecule has 0 aliphatic heterocycles. The van der Waals surface area contributed by atoms with E-state index >= 15 is 0 Å². The number of hydrogen-bond donors (Lipinski definition) is 2. The maximum absolute atomic E-state index is 13.6. The molecule has 0 aliphatic carbocycles. The topological polar surface area (TPSA) is 52.6 Å². The lowest BCUT2D eigenvalue weighted by Crippen LogP contribution is -2.35. The highest BCUT2D eigenvalue weighted by atomic mass is 19.1. The van der Waals surface area contributed by atoms with Crippen LogP contribution in [0.25, 0.3) is 0 Å². The first-order valence-electron chi connectivity index (χ1n) is 6.32. The fourth-order valence-corrected chi connectivity index (χ4v) is 1.90. The standard InChI is InChI=1S/C14H21FN2O2/c1-5-16-14(19)8-17(4)13-6-9(2)12(15)7-11(13)10(3)18/h6-7,10,18H,5,8H2,1-4H3,(H,16,19)/t10-/m0/s1. The van der Waals surface area contributed by atoms with Gasteiger partial charge in [-0.1, -0.05) is 0 Å². The van der Waals surface area contributed by atoms with Crippen LogP contribution in [0.4, 0.5) is 10.1 Å². The third-order valence-corrected chi connectivity index (χ3v) is 2.92. The summed E-state index contributed by atoms with van der Waals surface area (Å²) >= 11 is 0. The highest BCUT2D eigenvalue weighted by molar-refractivity contribution is 5.81. The van der Waals surface area contributed by atoms with Gasteiger partial charge in [0.2, 0.25) is 5.91 Å². The molecule has 2 N–H and O–H groups in total. The summed E-state index contributed by atoms with van der Waals surface area (Å²) in [5.41, 5.74) is 1.64. The Kier molecular flexibility index (Phi) is 5.30. The second-order valence-corrected chi connectivity index (χ2v) is 4.65. The largest absolute Gasteiger partial charge is 0.389 e. The Balaban J connectivity index is 3.04. The Labute approximate surface area is 113 Å². The average Bonchev–Trinajstić information content (AvgIpc) is 2.31. The number of amides is 1. The number of halogens is 1. The first-order valence-corrected chi connectivity index (χ1v) is 6.32. The maximum Gasteiger partial charge on any atom is 0.239 e. The number of carbonyl (C=O) groups excluding carboxylic acids is 1. The number of anilines is 1. The van der Waals surface area contributed by atoms with Gasteiger partial charge in [-0.25, -0.2) is 4.39 Å². The van der Waals surface area contributed by atoms with Gasteiger partial charge >= 0.3 is 0 Å². The number of nitrogens with zero attached hydrogens (tertiary/aromatic N) is 1. The minimum absolute atomic E-state index is 0.108. The Morgan fingerprint density at radius 1 is 1.53 bits per heavy atom. The first kappa shape index (κ1) is 15.4. The molecule has 1 aromatic rings. The van der Waals surface area contributed by atoms with Gasteiger partial charge in [0.05, 0.1) is 12.6 Å². The number of nitrogens with one attached hydrogen (secondary N) is 1. The van der Waals surface area contributed by atoms with E-state index in [1.54, 1.807) is 31.9 Å². The molecule has 106 valence electrons. The molecule has 0 spiro atoms. The molecule has 1 atom stereocenters. The van der Waals surface area contributed by atoms with Gasteiger partial charge in [-0.05, 0) is 38.5 Å². The number of rotatable bonds is 5. The van der Waals surface area contributed by atoms with Crippen LogP contribution in [-0.2, 0) is 4.79 Å². The maximum atomic E-state index is 13.6. The van der Waals surface area contributed by atoms with Crippen molar-refractivity contribution in [2.24, 2.45) is 0 Å². The van der Waals surface area contributed by atoms with Crippen LogP contribution in [0.1, 0.15) is 31.1 Å². The Morgan fingerprint density at radius 3 is 2.68 bits per heavy atom. The van der Waals surface area contributed by atoms with Crippen molar-refractivity contribution in [3.63, 3.8) is 0 Å². The van der Waals surface area contributed by atoms with E-state index in [0.717, 1.165) is 0 Å². The van der Waals surface area contributed by atoms with Gasteiger partial charge in [-0.15, -0.1) is 0 Å². The monoisotopic (exact) mass is 268 g/mol. The van der Waals surface area contributed by atoms with Crippen LogP contribution in [0.15, 0.2) is 12.1 Å². The minimum Gasteiger partial charge on any atom is -0.389 e. The zero-order valence-corrected chi connectivity index (χ0v) is 11.8. The van der Waals surface area contributed by atoms with Crippen molar-refractivity contribution in [2.45, 2.75) is 26.9 Å². The Morgan fingerprint density at radius 2 is 2.16 bits per heavy atom. The van der Waals surface area contributed by atoms with Gasteiger partial charge in [-0.3, -0.25) is 4.79 Å². The van der Waals surface area contributed by atoms with Gasteiger partial charge in [0, 0.05) is 24.8 Å². The number of carbonyl (C=O) groups is 1. The number of aliphatic hydroxyl groups is 1. The molecule has 0 aromatic heterocycles. The second kappa shape index (κ2) is 6.52. The number of likely N-dealkylation sites (N-methyl/N-ethyl adjacent to an activating group) is 2. The van der Waals surface area contributed by atoms with E-state index in [1.807, 2.05) is 6.92 Å². The van der Waals surface area contributed by atoms with Gasteiger partial charge < -0.3 is 15.3 Å². The van der Waals surface area contributed by atoms with Crippen molar-refractivity contribution in [1.29, 1.82) is 0 Å². The fourth-order valence-electron chi connectivity index (χ4n) is 1.90. The summed E-state index contributed by atoms with van der Waals surface area (Å²) in [7, 11) is 1.74. The molecule has 5 heteroatoms. The number of aliphatic hydroxyl groups excluding tert-OH is 1. The second-order valence-electron chi connectivity index (χ2n) is 4.65. The van der Waals surface area contributed by atoms with Crippen LogP contribution in [0, 0.1) is 12.7 Å². The van der Waals surface area contributed by atoms with Crippen molar-refractivity contribution in [3.8, 4) is 0 Å². The Bertz CT molecular complexity index is 461. The normalized spacial score (nSPS) is 12.1. The molecule has 0 fully saturated rings. The van der Waals surface area contributed by atoms with E-state index in [0.29, 0.717) is 23.4 Å². The van der Waals surface area contributed by atoms with E-state index in [9.17, 15) is 14.3 Å². The molecule has 4 nitrogen and oxygen atoms in total. The van der Waals surface area contributed by atoms with Crippen molar-refractivity contribution in [3.05, 3.63) is 29.1 Å². The smallest absolute Gasteiger partial charge is 0.239 e. The van der Waals surface area contributed by atoms with E-state index < -0.39 is 6.10 Å². The van der Waals surface area contributed by atoms with Gasteiger partial charge in [0.25, 0.3) is 0 Å². The number of hydrogen-bond acceptors (Lipinski definition) is 3. The lowest BCUT2D eigenvalue weighted by molar-refractivity contribution is -0.119. The molecule has 0 bridgehead atoms. The quantitative estimate of drug-likeness (QED) is 0.855. The molecular formula is C14H21FN2O2. The molecule has 0 radical (unpaired) electrons. The highest BCUT2D eigenvalue weighted by Crippen LogP contribution is 2.28. The predicted molar refractivity (Wildman–Crippen MR) is 73.7 cm³/mol. The van der Waals surface area contributed by atoms with E-state index in [4.69, 9.17) is 0 Å². The summed E-state index contributed by atoms with van der Waals surface area (Å²) in [5, 5.41) is 12.4. The first-order chi connectivity index (χ1) is 8.86. The Hall–Kier alpha value is -1.62. The van der Waals surface area contributed by atoms with Crippen molar-refractivity contribution in [2.75, 3.05) is 25.0 Å². The molecule has 1 aromatic carbocycles. The minimum atomic E-state index is -0.790. The molecule has 0 unspecified atom stereocenters. The van der Waals surface area contributed by atoms with Crippen LogP contribution in [0.3, 0.4) is 0 Å². The number of aryl methyl sites for hydroxylation is 1. The molecule has 0 saturated carbocycles. The zero-order chi connectivity index (χ0) is 14.6. The van der Waals surface area contributed by atoms with E-state index in [1.165, 1.54) is 6.07 Å². The van der Waals surface area contributed by atoms with E-state index in [-0.39, 0.29) is 18.3 Å². The van der Waals surface area contributed by atoms with Gasteiger partial charge in [0.15, 0.2) is 0 Å². The predicted octanol–water partition coefficient (Wildman–Crippen LogP) is 1.76. The van der Waals surface area contributed by atoms with Crippen molar-refractivity contribution >= 4 is 11.6 Å². The summed E-state index contributed by atoms with van der Waals surface area (Å²) < 4.78 is 13.6. The fraction of sp³-hybridized carbons (Fsp3) is 0.500. The summed E-state index contributed by atoms with van der Waals surface area (Å²) in [5.74, 6) is -0.463. The zero-order valence-electron chi connectivity index (χ0n) is 11.8. The molecule has 19 heavy (non-hydrogen) atoms.